The van der Waals surface area contributed by atoms with E-state index in [1.807, 2.05) is 0 Å². The maximum Gasteiger partial charge on any atom is 0.0142 e. The van der Waals surface area contributed by atoms with Crippen molar-refractivity contribution in [1.29, 1.82) is 0 Å². The van der Waals surface area contributed by atoms with Gasteiger partial charge >= 0.3 is 0 Å². The fraction of sp³-hybridized carbons (Fsp3) is 0.500. The third-order valence-corrected chi connectivity index (χ3v) is 3.27. The smallest absolute Gasteiger partial charge is 0.0142 e. The van der Waals surface area contributed by atoms with Crippen molar-refractivity contribution in [3.63, 3.8) is 0 Å². The van der Waals surface area contributed by atoms with Crippen molar-refractivity contribution in [2.45, 2.75) is 18.3 Å². The van der Waals surface area contributed by atoms with Gasteiger partial charge in [0.25, 0.3) is 0 Å². The topological polar surface area (TPSA) is 40.1 Å². The van der Waals surface area contributed by atoms with Crippen LogP contribution in [0.2, 0.25) is 0 Å². The maximum atomic E-state index is 5.93. The molecule has 0 saturated carbocycles. The van der Waals surface area contributed by atoms with Gasteiger partial charge in [0.05, 0.1) is 0 Å². The SMILES string of the molecule is NCC1(c2ccccc2)CC[N]CC1. The number of nitrogens with two attached hydrogens (primary N) is 1. The fourth-order valence-corrected chi connectivity index (χ4v) is 2.23. The molecule has 1 aromatic rings. The molecular weight excluding hydrogens is 172 g/mol. The zero-order chi connectivity index (χ0) is 9.86. The molecule has 2 N–H and O–H groups in total. The first kappa shape index (κ1) is 9.69. The predicted octanol–water partition coefficient (Wildman–Crippen LogP) is 1.28. The molecule has 1 heterocycles. The molecule has 75 valence electrons. The molecule has 1 radical (unpaired) electrons. The molecule has 0 aromatic heterocycles. The summed E-state index contributed by atoms with van der Waals surface area (Å²) in [5.41, 5.74) is 7.51. The summed E-state index contributed by atoms with van der Waals surface area (Å²) in [6.45, 7) is 2.67. The number of rotatable bonds is 2. The third kappa shape index (κ3) is 1.68. The lowest BCUT2D eigenvalue weighted by Crippen LogP contribution is -2.42. The van der Waals surface area contributed by atoms with Crippen molar-refractivity contribution in [3.8, 4) is 0 Å². The van der Waals surface area contributed by atoms with Crippen LogP contribution in [0.1, 0.15) is 18.4 Å². The Kier molecular flexibility index (Phi) is 2.85. The molecule has 1 fully saturated rings. The quantitative estimate of drug-likeness (QED) is 0.748. The molecule has 1 aromatic carbocycles. The van der Waals surface area contributed by atoms with E-state index in [1.165, 1.54) is 5.56 Å². The summed E-state index contributed by atoms with van der Waals surface area (Å²) >= 11 is 0. The van der Waals surface area contributed by atoms with Crippen molar-refractivity contribution in [1.82, 2.24) is 5.32 Å². The lowest BCUT2D eigenvalue weighted by molar-refractivity contribution is 0.312. The first-order valence-corrected chi connectivity index (χ1v) is 5.26. The summed E-state index contributed by atoms with van der Waals surface area (Å²) in [6, 6.07) is 10.6. The first-order chi connectivity index (χ1) is 6.87. The Bertz CT molecular complexity index is 276. The second kappa shape index (κ2) is 4.11. The van der Waals surface area contributed by atoms with Crippen LogP contribution in [0.15, 0.2) is 30.3 Å². The predicted molar refractivity (Wildman–Crippen MR) is 58.3 cm³/mol. The molecule has 0 spiro atoms. The average Bonchev–Trinajstić information content (AvgIpc) is 2.31. The number of hydrogen-bond acceptors (Lipinski definition) is 1. The molecule has 0 unspecified atom stereocenters. The Morgan fingerprint density at radius 2 is 1.79 bits per heavy atom. The van der Waals surface area contributed by atoms with Gasteiger partial charge in [-0.1, -0.05) is 30.3 Å². The van der Waals surface area contributed by atoms with Gasteiger partial charge in [-0.3, -0.25) is 0 Å². The number of hydrogen-bond donors (Lipinski definition) is 1. The zero-order valence-corrected chi connectivity index (χ0v) is 8.45. The van der Waals surface area contributed by atoms with Crippen LogP contribution in [-0.2, 0) is 5.41 Å². The number of piperidine rings is 1. The van der Waals surface area contributed by atoms with E-state index in [0.717, 1.165) is 32.5 Å². The highest BCUT2D eigenvalue weighted by Crippen LogP contribution is 2.32. The summed E-state index contributed by atoms with van der Waals surface area (Å²) in [5.74, 6) is 0. The molecule has 0 atom stereocenters. The van der Waals surface area contributed by atoms with Crippen LogP contribution in [0.25, 0.3) is 0 Å². The molecule has 2 heteroatoms. The fourth-order valence-electron chi connectivity index (χ4n) is 2.23. The van der Waals surface area contributed by atoms with Gasteiger partial charge in [-0.25, -0.2) is 5.32 Å². The zero-order valence-electron chi connectivity index (χ0n) is 8.45. The monoisotopic (exact) mass is 189 g/mol. The van der Waals surface area contributed by atoms with E-state index in [4.69, 9.17) is 5.73 Å². The van der Waals surface area contributed by atoms with Crippen LogP contribution < -0.4 is 11.1 Å². The Morgan fingerprint density at radius 1 is 1.14 bits per heavy atom. The molecular formula is C12H17N2. The summed E-state index contributed by atoms with van der Waals surface area (Å²) < 4.78 is 0. The van der Waals surface area contributed by atoms with Crippen LogP contribution >= 0.6 is 0 Å². The van der Waals surface area contributed by atoms with Crippen LogP contribution in [0.5, 0.6) is 0 Å². The van der Waals surface area contributed by atoms with E-state index in [1.54, 1.807) is 0 Å². The van der Waals surface area contributed by atoms with Gasteiger partial charge in [0.2, 0.25) is 0 Å². The Hall–Kier alpha value is -0.860. The summed E-state index contributed by atoms with van der Waals surface area (Å²) in [6.07, 6.45) is 2.21. The van der Waals surface area contributed by atoms with Gasteiger partial charge in [0.15, 0.2) is 0 Å². The molecule has 2 rings (SSSR count). The van der Waals surface area contributed by atoms with Crippen LogP contribution in [0, 0.1) is 0 Å². The second-order valence-corrected chi connectivity index (χ2v) is 4.02. The van der Waals surface area contributed by atoms with Crippen molar-refractivity contribution >= 4 is 0 Å². The minimum absolute atomic E-state index is 0.197. The highest BCUT2D eigenvalue weighted by molar-refractivity contribution is 5.26. The van der Waals surface area contributed by atoms with Gasteiger partial charge in [-0.2, -0.15) is 0 Å². The highest BCUT2D eigenvalue weighted by atomic mass is 14.9. The van der Waals surface area contributed by atoms with Gasteiger partial charge in [-0.15, -0.1) is 0 Å². The Morgan fingerprint density at radius 3 is 2.36 bits per heavy atom. The van der Waals surface area contributed by atoms with E-state index < -0.39 is 0 Å². The summed E-state index contributed by atoms with van der Waals surface area (Å²) in [7, 11) is 0. The highest BCUT2D eigenvalue weighted by Gasteiger charge is 2.32. The van der Waals surface area contributed by atoms with Gasteiger partial charge in [0, 0.05) is 25.0 Å². The van der Waals surface area contributed by atoms with Gasteiger partial charge in [0.1, 0.15) is 0 Å². The minimum atomic E-state index is 0.197. The molecule has 0 amide bonds. The molecule has 1 aliphatic rings. The van der Waals surface area contributed by atoms with E-state index in [2.05, 4.69) is 35.6 Å². The van der Waals surface area contributed by atoms with Crippen molar-refractivity contribution < 1.29 is 0 Å². The second-order valence-electron chi connectivity index (χ2n) is 4.02. The van der Waals surface area contributed by atoms with Crippen LogP contribution in [0.3, 0.4) is 0 Å². The van der Waals surface area contributed by atoms with Crippen molar-refractivity contribution in [2.75, 3.05) is 19.6 Å². The van der Waals surface area contributed by atoms with E-state index in [-0.39, 0.29) is 5.41 Å². The van der Waals surface area contributed by atoms with E-state index >= 15 is 0 Å². The van der Waals surface area contributed by atoms with Crippen LogP contribution in [-0.4, -0.2) is 19.6 Å². The normalized spacial score (nSPS) is 20.6. The minimum Gasteiger partial charge on any atom is -0.330 e. The molecule has 1 aliphatic heterocycles. The Labute approximate surface area is 85.5 Å². The molecule has 0 bridgehead atoms. The standard InChI is InChI=1S/C12H17N2/c13-10-12(6-8-14-9-7-12)11-4-2-1-3-5-11/h1-5H,6-10,13H2. The summed E-state index contributed by atoms with van der Waals surface area (Å²) in [5, 5.41) is 4.39. The lowest BCUT2D eigenvalue weighted by Gasteiger charge is -2.36. The van der Waals surface area contributed by atoms with Crippen LogP contribution in [0.4, 0.5) is 0 Å². The first-order valence-electron chi connectivity index (χ1n) is 5.26. The average molecular weight is 189 g/mol. The van der Waals surface area contributed by atoms with Crippen molar-refractivity contribution in [3.05, 3.63) is 35.9 Å². The van der Waals surface area contributed by atoms with E-state index in [0.29, 0.717) is 0 Å². The van der Waals surface area contributed by atoms with Crippen molar-refractivity contribution in [2.24, 2.45) is 5.73 Å². The van der Waals surface area contributed by atoms with E-state index in [9.17, 15) is 0 Å². The van der Waals surface area contributed by atoms with Gasteiger partial charge < -0.3 is 5.73 Å². The lowest BCUT2D eigenvalue weighted by atomic mass is 9.73. The maximum absolute atomic E-state index is 5.93. The Balaban J connectivity index is 2.27. The number of benzene rings is 1. The largest absolute Gasteiger partial charge is 0.330 e. The number of nitrogens with zero attached hydrogens (tertiary/aromatic N) is 1. The molecule has 14 heavy (non-hydrogen) atoms. The molecule has 2 nitrogen and oxygen atoms in total. The molecule has 1 saturated heterocycles. The molecule has 0 aliphatic carbocycles. The van der Waals surface area contributed by atoms with Gasteiger partial charge in [-0.05, 0) is 18.4 Å². The summed E-state index contributed by atoms with van der Waals surface area (Å²) in [4.78, 5) is 0. The third-order valence-electron chi connectivity index (χ3n) is 3.27.